The number of fused-ring (bicyclic) bond motifs is 1. The quantitative estimate of drug-likeness (QED) is 0.902. The fourth-order valence-corrected chi connectivity index (χ4v) is 2.47. The molecule has 3 nitrogen and oxygen atoms in total. The summed E-state index contributed by atoms with van der Waals surface area (Å²) >= 11 is 0. The van der Waals surface area contributed by atoms with Crippen LogP contribution in [-0.4, -0.2) is 12.2 Å². The molecule has 0 bridgehead atoms. The number of phenols is 1. The van der Waals surface area contributed by atoms with Crippen LogP contribution < -0.4 is 9.47 Å². The van der Waals surface area contributed by atoms with Gasteiger partial charge in [0.2, 0.25) is 0 Å². The molecule has 3 rings (SSSR count). The highest BCUT2D eigenvalue weighted by Crippen LogP contribution is 2.42. The van der Waals surface area contributed by atoms with Gasteiger partial charge in [-0.1, -0.05) is 30.3 Å². The third-order valence-corrected chi connectivity index (χ3v) is 3.54. The van der Waals surface area contributed by atoms with E-state index in [1.165, 1.54) is 0 Å². The Morgan fingerprint density at radius 2 is 1.95 bits per heavy atom. The molecule has 0 saturated heterocycles. The van der Waals surface area contributed by atoms with Gasteiger partial charge in [-0.05, 0) is 13.0 Å². The van der Waals surface area contributed by atoms with Gasteiger partial charge in [-0.2, -0.15) is 0 Å². The number of allylic oxidation sites excluding steroid dienone is 1. The summed E-state index contributed by atoms with van der Waals surface area (Å²) in [7, 11) is 1.61. The molecule has 0 fully saturated rings. The van der Waals surface area contributed by atoms with E-state index in [9.17, 15) is 5.11 Å². The van der Waals surface area contributed by atoms with Crippen LogP contribution in [0, 0.1) is 6.92 Å². The van der Waals surface area contributed by atoms with Gasteiger partial charge in [0.15, 0.2) is 0 Å². The number of hydrogen-bond acceptors (Lipinski definition) is 3. The average molecular weight is 268 g/mol. The zero-order valence-electron chi connectivity index (χ0n) is 11.5. The first-order valence-electron chi connectivity index (χ1n) is 6.53. The Labute approximate surface area is 118 Å². The second-order valence-electron chi connectivity index (χ2n) is 4.77. The zero-order valence-corrected chi connectivity index (χ0v) is 11.5. The minimum Gasteiger partial charge on any atom is -0.507 e. The number of rotatable bonds is 2. The number of methoxy groups -OCH3 is 1. The SMILES string of the molecule is COc1c(C)c(O)cc2c1CC=C(c1ccccc1)O2. The van der Waals surface area contributed by atoms with Crippen LogP contribution in [-0.2, 0) is 6.42 Å². The topological polar surface area (TPSA) is 38.7 Å². The van der Waals surface area contributed by atoms with Gasteiger partial charge in [0, 0.05) is 29.2 Å². The molecule has 0 aromatic heterocycles. The highest BCUT2D eigenvalue weighted by Gasteiger charge is 2.21. The maximum Gasteiger partial charge on any atom is 0.138 e. The summed E-state index contributed by atoms with van der Waals surface area (Å²) < 4.78 is 11.3. The monoisotopic (exact) mass is 268 g/mol. The van der Waals surface area contributed by atoms with Gasteiger partial charge < -0.3 is 14.6 Å². The number of hydrogen-bond donors (Lipinski definition) is 1. The molecule has 0 aliphatic carbocycles. The summed E-state index contributed by atoms with van der Waals surface area (Å²) in [6.45, 7) is 1.84. The van der Waals surface area contributed by atoms with E-state index in [1.807, 2.05) is 43.3 Å². The van der Waals surface area contributed by atoms with Crippen LogP contribution in [0.3, 0.4) is 0 Å². The van der Waals surface area contributed by atoms with E-state index in [0.717, 1.165) is 28.9 Å². The Morgan fingerprint density at radius 1 is 1.20 bits per heavy atom. The predicted octanol–water partition coefficient (Wildman–Crippen LogP) is 3.69. The van der Waals surface area contributed by atoms with Crippen molar-refractivity contribution in [2.45, 2.75) is 13.3 Å². The Balaban J connectivity index is 2.03. The highest BCUT2D eigenvalue weighted by atomic mass is 16.5. The molecule has 0 amide bonds. The Hall–Kier alpha value is -2.42. The molecule has 2 aromatic carbocycles. The molecule has 1 aliphatic rings. The molecule has 0 unspecified atom stereocenters. The molecule has 1 aliphatic heterocycles. The largest absolute Gasteiger partial charge is 0.507 e. The van der Waals surface area contributed by atoms with Crippen LogP contribution in [0.4, 0.5) is 0 Å². The van der Waals surface area contributed by atoms with Gasteiger partial charge >= 0.3 is 0 Å². The van der Waals surface area contributed by atoms with Gasteiger partial charge in [-0.25, -0.2) is 0 Å². The van der Waals surface area contributed by atoms with E-state index in [4.69, 9.17) is 9.47 Å². The number of ether oxygens (including phenoxy) is 2. The summed E-state index contributed by atoms with van der Waals surface area (Å²) in [5, 5.41) is 9.96. The molecule has 1 N–H and O–H groups in total. The Kier molecular flexibility index (Phi) is 3.11. The highest BCUT2D eigenvalue weighted by molar-refractivity contribution is 5.68. The lowest BCUT2D eigenvalue weighted by Crippen LogP contribution is -2.06. The first kappa shape index (κ1) is 12.6. The van der Waals surface area contributed by atoms with Crippen molar-refractivity contribution in [2.75, 3.05) is 7.11 Å². The molecule has 20 heavy (non-hydrogen) atoms. The fraction of sp³-hybridized carbons (Fsp3) is 0.176. The van der Waals surface area contributed by atoms with Gasteiger partial charge in [-0.3, -0.25) is 0 Å². The average Bonchev–Trinajstić information content (AvgIpc) is 2.49. The third kappa shape index (κ3) is 2.01. The maximum atomic E-state index is 9.96. The van der Waals surface area contributed by atoms with E-state index in [-0.39, 0.29) is 5.75 Å². The second-order valence-corrected chi connectivity index (χ2v) is 4.77. The standard InChI is InChI=1S/C17H16O3/c1-11-14(18)10-16-13(17(11)19-2)8-9-15(20-16)12-6-4-3-5-7-12/h3-7,9-10,18H,8H2,1-2H3. The predicted molar refractivity (Wildman–Crippen MR) is 78.1 cm³/mol. The molecule has 0 saturated carbocycles. The third-order valence-electron chi connectivity index (χ3n) is 3.54. The summed E-state index contributed by atoms with van der Waals surface area (Å²) in [6, 6.07) is 11.6. The van der Waals surface area contributed by atoms with Crippen molar-refractivity contribution >= 4 is 5.76 Å². The molecule has 1 heterocycles. The van der Waals surface area contributed by atoms with Crippen molar-refractivity contribution in [3.63, 3.8) is 0 Å². The van der Waals surface area contributed by atoms with Crippen molar-refractivity contribution in [1.82, 2.24) is 0 Å². The zero-order chi connectivity index (χ0) is 14.1. The Morgan fingerprint density at radius 3 is 2.65 bits per heavy atom. The second kappa shape index (κ2) is 4.93. The van der Waals surface area contributed by atoms with E-state index < -0.39 is 0 Å². The smallest absolute Gasteiger partial charge is 0.138 e. The normalized spacial score (nSPS) is 13.2. The van der Waals surface area contributed by atoms with Crippen molar-refractivity contribution in [1.29, 1.82) is 0 Å². The summed E-state index contributed by atoms with van der Waals surface area (Å²) in [5.74, 6) is 2.35. The summed E-state index contributed by atoms with van der Waals surface area (Å²) in [4.78, 5) is 0. The minimum atomic E-state index is 0.190. The van der Waals surface area contributed by atoms with E-state index in [0.29, 0.717) is 11.5 Å². The van der Waals surface area contributed by atoms with Crippen molar-refractivity contribution in [2.24, 2.45) is 0 Å². The van der Waals surface area contributed by atoms with Crippen LogP contribution in [0.15, 0.2) is 42.5 Å². The summed E-state index contributed by atoms with van der Waals surface area (Å²) in [6.07, 6.45) is 2.76. The summed E-state index contributed by atoms with van der Waals surface area (Å²) in [5.41, 5.74) is 2.74. The van der Waals surface area contributed by atoms with Crippen molar-refractivity contribution < 1.29 is 14.6 Å². The molecular weight excluding hydrogens is 252 g/mol. The number of phenolic OH excluding ortho intramolecular Hbond substituents is 1. The molecule has 3 heteroatoms. The Bertz CT molecular complexity index is 672. The lowest BCUT2D eigenvalue weighted by molar-refractivity contribution is 0.389. The fourth-order valence-electron chi connectivity index (χ4n) is 2.47. The molecule has 0 spiro atoms. The molecule has 2 aromatic rings. The first-order valence-corrected chi connectivity index (χ1v) is 6.53. The van der Waals surface area contributed by atoms with E-state index in [2.05, 4.69) is 0 Å². The maximum absolute atomic E-state index is 9.96. The van der Waals surface area contributed by atoms with Gasteiger partial charge in [-0.15, -0.1) is 0 Å². The van der Waals surface area contributed by atoms with Crippen LogP contribution >= 0.6 is 0 Å². The van der Waals surface area contributed by atoms with Crippen molar-refractivity contribution in [3.05, 3.63) is 59.2 Å². The molecule has 0 radical (unpaired) electrons. The minimum absolute atomic E-state index is 0.190. The first-order chi connectivity index (χ1) is 9.70. The lowest BCUT2D eigenvalue weighted by Gasteiger charge is -2.22. The van der Waals surface area contributed by atoms with E-state index in [1.54, 1.807) is 13.2 Å². The van der Waals surface area contributed by atoms with E-state index >= 15 is 0 Å². The lowest BCUT2D eigenvalue weighted by atomic mass is 10.0. The van der Waals surface area contributed by atoms with Gasteiger partial charge in [0.1, 0.15) is 23.0 Å². The van der Waals surface area contributed by atoms with Crippen LogP contribution in [0.5, 0.6) is 17.2 Å². The van der Waals surface area contributed by atoms with Crippen molar-refractivity contribution in [3.8, 4) is 17.2 Å². The molecule has 0 atom stereocenters. The molecular formula is C17H16O3. The van der Waals surface area contributed by atoms with Gasteiger partial charge in [0.05, 0.1) is 7.11 Å². The van der Waals surface area contributed by atoms with Gasteiger partial charge in [0.25, 0.3) is 0 Å². The van der Waals surface area contributed by atoms with Crippen LogP contribution in [0.1, 0.15) is 16.7 Å². The number of aromatic hydroxyl groups is 1. The number of benzene rings is 2. The van der Waals surface area contributed by atoms with Crippen LogP contribution in [0.2, 0.25) is 0 Å². The van der Waals surface area contributed by atoms with Crippen LogP contribution in [0.25, 0.3) is 5.76 Å². The molecule has 102 valence electrons.